The van der Waals surface area contributed by atoms with Crippen LogP contribution in [0.5, 0.6) is 0 Å². The maximum atomic E-state index is 3.87. The SMILES string of the molecule is CCC1(CC)CN(CCCCCCSC)C(C(C)C)CN1. The van der Waals surface area contributed by atoms with E-state index in [1.54, 1.807) is 0 Å². The van der Waals surface area contributed by atoms with Crippen LogP contribution in [0.15, 0.2) is 0 Å². The summed E-state index contributed by atoms with van der Waals surface area (Å²) < 4.78 is 0. The number of rotatable bonds is 10. The van der Waals surface area contributed by atoms with Crippen LogP contribution in [-0.4, -0.2) is 48.1 Å². The van der Waals surface area contributed by atoms with Gasteiger partial charge in [-0.2, -0.15) is 11.8 Å². The molecule has 21 heavy (non-hydrogen) atoms. The average molecular weight is 315 g/mol. The fourth-order valence-electron chi connectivity index (χ4n) is 3.55. The molecule has 1 atom stereocenters. The molecule has 0 aromatic rings. The number of nitrogens with zero attached hydrogens (tertiary/aromatic N) is 1. The molecule has 0 aromatic carbocycles. The predicted octanol–water partition coefficient (Wildman–Crippen LogP) is 4.40. The molecule has 1 heterocycles. The van der Waals surface area contributed by atoms with Gasteiger partial charge in [-0.15, -0.1) is 0 Å². The first-order valence-electron chi connectivity index (χ1n) is 9.06. The minimum Gasteiger partial charge on any atom is -0.308 e. The van der Waals surface area contributed by atoms with E-state index in [1.165, 1.54) is 63.9 Å². The molecule has 1 rings (SSSR count). The van der Waals surface area contributed by atoms with Gasteiger partial charge in [-0.1, -0.05) is 40.5 Å². The molecular weight excluding hydrogens is 276 g/mol. The number of piperazine rings is 1. The summed E-state index contributed by atoms with van der Waals surface area (Å²) in [7, 11) is 0. The highest BCUT2D eigenvalue weighted by Gasteiger charge is 2.37. The summed E-state index contributed by atoms with van der Waals surface area (Å²) >= 11 is 1.98. The molecule has 0 spiro atoms. The van der Waals surface area contributed by atoms with Gasteiger partial charge in [-0.05, 0) is 50.2 Å². The summed E-state index contributed by atoms with van der Waals surface area (Å²) in [6, 6.07) is 0.724. The zero-order valence-electron chi connectivity index (χ0n) is 15.1. The van der Waals surface area contributed by atoms with Crippen LogP contribution in [0.1, 0.15) is 66.2 Å². The van der Waals surface area contributed by atoms with E-state index in [0.717, 1.165) is 12.0 Å². The third kappa shape index (κ3) is 6.11. The van der Waals surface area contributed by atoms with E-state index < -0.39 is 0 Å². The molecule has 0 aromatic heterocycles. The Morgan fingerprint density at radius 3 is 2.38 bits per heavy atom. The van der Waals surface area contributed by atoms with E-state index in [9.17, 15) is 0 Å². The van der Waals surface area contributed by atoms with Crippen molar-refractivity contribution in [3.05, 3.63) is 0 Å². The number of hydrogen-bond acceptors (Lipinski definition) is 3. The molecule has 3 heteroatoms. The Bertz CT molecular complexity index is 264. The molecule has 0 amide bonds. The summed E-state index contributed by atoms with van der Waals surface area (Å²) in [6.45, 7) is 13.1. The summed E-state index contributed by atoms with van der Waals surface area (Å²) in [5, 5.41) is 3.87. The fraction of sp³-hybridized carbons (Fsp3) is 1.00. The van der Waals surface area contributed by atoms with E-state index >= 15 is 0 Å². The minimum atomic E-state index is 0.365. The van der Waals surface area contributed by atoms with Crippen LogP contribution in [0, 0.1) is 5.92 Å². The van der Waals surface area contributed by atoms with Crippen molar-refractivity contribution >= 4 is 11.8 Å². The van der Waals surface area contributed by atoms with Crippen molar-refractivity contribution in [3.8, 4) is 0 Å². The second kappa shape index (κ2) is 10.1. The maximum Gasteiger partial charge on any atom is 0.0304 e. The Hall–Kier alpha value is 0.270. The van der Waals surface area contributed by atoms with Gasteiger partial charge in [-0.3, -0.25) is 4.90 Å². The standard InChI is InChI=1S/C18H38N2S/c1-6-18(7-2)15-20(17(14-19-18)16(3)4)12-10-8-9-11-13-21-5/h16-17,19H,6-15H2,1-5H3. The molecule has 1 unspecified atom stereocenters. The number of thioether (sulfide) groups is 1. The van der Waals surface area contributed by atoms with Crippen molar-refractivity contribution in [2.24, 2.45) is 5.92 Å². The summed E-state index contributed by atoms with van der Waals surface area (Å²) in [5.74, 6) is 2.08. The van der Waals surface area contributed by atoms with Crippen LogP contribution in [0.2, 0.25) is 0 Å². The third-order valence-electron chi connectivity index (χ3n) is 5.33. The van der Waals surface area contributed by atoms with Gasteiger partial charge < -0.3 is 5.32 Å². The number of unbranched alkanes of at least 4 members (excludes halogenated alkanes) is 3. The smallest absolute Gasteiger partial charge is 0.0304 e. The molecule has 2 nitrogen and oxygen atoms in total. The molecular formula is C18H38N2S. The lowest BCUT2D eigenvalue weighted by Gasteiger charge is -2.49. The summed E-state index contributed by atoms with van der Waals surface area (Å²) in [6.07, 6.45) is 10.3. The van der Waals surface area contributed by atoms with Crippen LogP contribution < -0.4 is 5.32 Å². The third-order valence-corrected chi connectivity index (χ3v) is 6.02. The largest absolute Gasteiger partial charge is 0.308 e. The Kier molecular flexibility index (Phi) is 9.31. The summed E-state index contributed by atoms with van der Waals surface area (Å²) in [4.78, 5) is 2.79. The first-order chi connectivity index (χ1) is 10.1. The van der Waals surface area contributed by atoms with Gasteiger partial charge in [0.15, 0.2) is 0 Å². The van der Waals surface area contributed by atoms with Gasteiger partial charge >= 0.3 is 0 Å². The molecule has 0 radical (unpaired) electrons. The van der Waals surface area contributed by atoms with Gasteiger partial charge in [0.2, 0.25) is 0 Å². The predicted molar refractivity (Wildman–Crippen MR) is 98.4 cm³/mol. The highest BCUT2D eigenvalue weighted by molar-refractivity contribution is 7.98. The van der Waals surface area contributed by atoms with Gasteiger partial charge in [0.05, 0.1) is 0 Å². The molecule has 1 fully saturated rings. The van der Waals surface area contributed by atoms with E-state index in [1.807, 2.05) is 11.8 Å². The average Bonchev–Trinajstić information content (AvgIpc) is 2.50. The molecule has 1 N–H and O–H groups in total. The highest BCUT2D eigenvalue weighted by Crippen LogP contribution is 2.26. The Morgan fingerprint density at radius 1 is 1.14 bits per heavy atom. The van der Waals surface area contributed by atoms with Crippen LogP contribution >= 0.6 is 11.8 Å². The minimum absolute atomic E-state index is 0.365. The Labute approximate surface area is 137 Å². The van der Waals surface area contributed by atoms with Crippen LogP contribution in [0.25, 0.3) is 0 Å². The van der Waals surface area contributed by atoms with Crippen LogP contribution in [0.4, 0.5) is 0 Å². The lowest BCUT2D eigenvalue weighted by atomic mass is 9.86. The van der Waals surface area contributed by atoms with E-state index in [2.05, 4.69) is 44.2 Å². The zero-order chi connectivity index (χ0) is 15.7. The molecule has 1 aliphatic heterocycles. The number of hydrogen-bond donors (Lipinski definition) is 1. The van der Waals surface area contributed by atoms with Crippen LogP contribution in [-0.2, 0) is 0 Å². The summed E-state index contributed by atoms with van der Waals surface area (Å²) in [5.41, 5.74) is 0.365. The Morgan fingerprint density at radius 2 is 1.81 bits per heavy atom. The van der Waals surface area contributed by atoms with E-state index in [-0.39, 0.29) is 0 Å². The van der Waals surface area contributed by atoms with Crippen molar-refractivity contribution in [2.75, 3.05) is 31.6 Å². The van der Waals surface area contributed by atoms with E-state index in [0.29, 0.717) is 5.54 Å². The van der Waals surface area contributed by atoms with Crippen molar-refractivity contribution in [1.29, 1.82) is 0 Å². The molecule has 126 valence electrons. The molecule has 1 saturated heterocycles. The van der Waals surface area contributed by atoms with Gasteiger partial charge in [-0.25, -0.2) is 0 Å². The van der Waals surface area contributed by atoms with Gasteiger partial charge in [0.1, 0.15) is 0 Å². The van der Waals surface area contributed by atoms with Gasteiger partial charge in [0.25, 0.3) is 0 Å². The maximum absolute atomic E-state index is 3.87. The van der Waals surface area contributed by atoms with Gasteiger partial charge in [0, 0.05) is 24.7 Å². The van der Waals surface area contributed by atoms with Crippen LogP contribution in [0.3, 0.4) is 0 Å². The van der Waals surface area contributed by atoms with Crippen molar-refractivity contribution in [3.63, 3.8) is 0 Å². The topological polar surface area (TPSA) is 15.3 Å². The highest BCUT2D eigenvalue weighted by atomic mass is 32.2. The van der Waals surface area contributed by atoms with Crippen molar-refractivity contribution in [1.82, 2.24) is 10.2 Å². The van der Waals surface area contributed by atoms with Crippen molar-refractivity contribution < 1.29 is 0 Å². The number of nitrogens with one attached hydrogen (secondary N) is 1. The second-order valence-corrected chi connectivity index (χ2v) is 8.04. The normalized spacial score (nSPS) is 22.9. The molecule has 1 aliphatic rings. The quantitative estimate of drug-likeness (QED) is 0.602. The van der Waals surface area contributed by atoms with E-state index in [4.69, 9.17) is 0 Å². The first kappa shape index (κ1) is 19.3. The first-order valence-corrected chi connectivity index (χ1v) is 10.5. The second-order valence-electron chi connectivity index (χ2n) is 7.06. The molecule has 0 saturated carbocycles. The lowest BCUT2D eigenvalue weighted by molar-refractivity contribution is 0.0491. The van der Waals surface area contributed by atoms with Crippen molar-refractivity contribution in [2.45, 2.75) is 77.8 Å². The molecule has 0 bridgehead atoms. The zero-order valence-corrected chi connectivity index (χ0v) is 15.9. The Balaban J connectivity index is 2.44. The lowest BCUT2D eigenvalue weighted by Crippen LogP contribution is -2.65. The fourth-order valence-corrected chi connectivity index (χ4v) is 4.05. The monoisotopic (exact) mass is 314 g/mol. The molecule has 0 aliphatic carbocycles.